The number of likely N-dealkylation sites (tertiary alicyclic amines) is 1. The van der Waals surface area contributed by atoms with Crippen LogP contribution in [0.3, 0.4) is 0 Å². The first-order valence-corrected chi connectivity index (χ1v) is 13.0. The number of hydrogen-bond acceptors (Lipinski definition) is 5. The number of ether oxygens (including phenoxy) is 1. The maximum Gasteiger partial charge on any atom is 0.341 e. The van der Waals surface area contributed by atoms with Gasteiger partial charge in [-0.3, -0.25) is 4.79 Å². The van der Waals surface area contributed by atoms with Crippen molar-refractivity contribution in [2.45, 2.75) is 57.8 Å². The van der Waals surface area contributed by atoms with Gasteiger partial charge in [-0.2, -0.15) is 0 Å². The van der Waals surface area contributed by atoms with Crippen molar-refractivity contribution in [1.82, 2.24) is 4.90 Å². The van der Waals surface area contributed by atoms with E-state index >= 15 is 0 Å². The highest BCUT2D eigenvalue weighted by Crippen LogP contribution is 2.37. The molecule has 1 saturated heterocycles. The van der Waals surface area contributed by atoms with Gasteiger partial charge in [-0.1, -0.05) is 12.8 Å². The van der Waals surface area contributed by atoms with E-state index in [1.807, 2.05) is 29.2 Å². The smallest absolute Gasteiger partial charge is 0.341 e. The van der Waals surface area contributed by atoms with Crippen LogP contribution in [-0.4, -0.2) is 42.1 Å². The van der Waals surface area contributed by atoms with Crippen LogP contribution >= 0.6 is 23.6 Å². The van der Waals surface area contributed by atoms with Crippen molar-refractivity contribution in [3.8, 4) is 0 Å². The summed E-state index contributed by atoms with van der Waals surface area (Å²) in [5, 5.41) is 7.55. The Balaban J connectivity index is 1.44. The molecule has 4 rings (SSSR count). The van der Waals surface area contributed by atoms with Crippen LogP contribution in [-0.2, 0) is 17.6 Å². The Kier molecular flexibility index (Phi) is 7.98. The number of esters is 1. The molecule has 2 aromatic rings. The first kappa shape index (κ1) is 23.7. The summed E-state index contributed by atoms with van der Waals surface area (Å²) in [6.07, 6.45) is 9.86. The second-order valence-electron chi connectivity index (χ2n) is 8.62. The molecule has 1 aromatic carbocycles. The standard InChI is InChI=1S/C25H31N3O3S2/c1-31-24(30)21-19-9-5-2-3-6-10-20(19)33-22(21)27-25(32)26-18-13-11-17(12-14-18)23(29)28-15-7-4-8-16-28/h11-14H,2-10,15-16H2,1H3,(H2,26,27,32). The van der Waals surface area contributed by atoms with E-state index < -0.39 is 0 Å². The summed E-state index contributed by atoms with van der Waals surface area (Å²) < 4.78 is 5.09. The Morgan fingerprint density at radius 2 is 1.61 bits per heavy atom. The molecule has 1 aliphatic carbocycles. The minimum absolute atomic E-state index is 0.0840. The van der Waals surface area contributed by atoms with Crippen molar-refractivity contribution >= 4 is 51.2 Å². The van der Waals surface area contributed by atoms with Crippen LogP contribution in [0.15, 0.2) is 24.3 Å². The molecule has 1 amide bonds. The lowest BCUT2D eigenvalue weighted by molar-refractivity contribution is 0.0600. The Labute approximate surface area is 204 Å². The fourth-order valence-corrected chi connectivity index (χ4v) is 6.13. The average Bonchev–Trinajstić information content (AvgIpc) is 3.14. The maximum atomic E-state index is 12.7. The number of fused-ring (bicyclic) bond motifs is 1. The number of piperidine rings is 1. The monoisotopic (exact) mass is 485 g/mol. The number of thiocarbonyl (C=S) groups is 1. The van der Waals surface area contributed by atoms with Gasteiger partial charge in [0, 0.05) is 29.2 Å². The van der Waals surface area contributed by atoms with Gasteiger partial charge >= 0.3 is 5.97 Å². The van der Waals surface area contributed by atoms with Gasteiger partial charge in [-0.15, -0.1) is 11.3 Å². The molecule has 2 heterocycles. The quantitative estimate of drug-likeness (QED) is 0.432. The molecule has 2 N–H and O–H groups in total. The van der Waals surface area contributed by atoms with Gasteiger partial charge < -0.3 is 20.3 Å². The second-order valence-corrected chi connectivity index (χ2v) is 10.1. The summed E-state index contributed by atoms with van der Waals surface area (Å²) in [5.41, 5.74) is 3.20. The third-order valence-electron chi connectivity index (χ3n) is 6.32. The van der Waals surface area contributed by atoms with Gasteiger partial charge in [0.15, 0.2) is 5.11 Å². The molecule has 6 nitrogen and oxygen atoms in total. The highest BCUT2D eigenvalue weighted by atomic mass is 32.1. The molecule has 0 unspecified atom stereocenters. The molecule has 0 spiro atoms. The number of rotatable bonds is 4. The van der Waals surface area contributed by atoms with Gasteiger partial charge in [0.1, 0.15) is 5.00 Å². The number of carbonyl (C=O) groups is 2. The van der Waals surface area contributed by atoms with E-state index in [0.29, 0.717) is 16.2 Å². The number of hydrogen-bond donors (Lipinski definition) is 2. The Morgan fingerprint density at radius 3 is 2.30 bits per heavy atom. The highest BCUT2D eigenvalue weighted by Gasteiger charge is 2.25. The molecule has 0 bridgehead atoms. The molecule has 1 aliphatic heterocycles. The summed E-state index contributed by atoms with van der Waals surface area (Å²) in [7, 11) is 1.42. The molecule has 1 aromatic heterocycles. The lowest BCUT2D eigenvalue weighted by Gasteiger charge is -2.26. The number of nitrogens with zero attached hydrogens (tertiary/aromatic N) is 1. The molecule has 8 heteroatoms. The lowest BCUT2D eigenvalue weighted by Crippen LogP contribution is -2.35. The number of amides is 1. The summed E-state index contributed by atoms with van der Waals surface area (Å²) in [4.78, 5) is 28.4. The van der Waals surface area contributed by atoms with Crippen LogP contribution in [0.2, 0.25) is 0 Å². The summed E-state index contributed by atoms with van der Waals surface area (Å²) in [5.74, 6) is -0.236. The minimum Gasteiger partial charge on any atom is -0.465 e. The zero-order valence-electron chi connectivity index (χ0n) is 19.1. The van der Waals surface area contributed by atoms with Gasteiger partial charge in [0.25, 0.3) is 5.91 Å². The van der Waals surface area contributed by atoms with E-state index in [9.17, 15) is 9.59 Å². The van der Waals surface area contributed by atoms with E-state index in [-0.39, 0.29) is 11.9 Å². The van der Waals surface area contributed by atoms with Crippen LogP contribution < -0.4 is 10.6 Å². The van der Waals surface area contributed by atoms with Crippen LogP contribution in [0, 0.1) is 0 Å². The predicted octanol–water partition coefficient (Wildman–Crippen LogP) is 5.63. The topological polar surface area (TPSA) is 70.7 Å². The molecule has 2 aliphatic rings. The first-order valence-electron chi connectivity index (χ1n) is 11.8. The fourth-order valence-electron chi connectivity index (χ4n) is 4.57. The Hall–Kier alpha value is -2.45. The van der Waals surface area contributed by atoms with Crippen LogP contribution in [0.1, 0.15) is 76.1 Å². The number of methoxy groups -OCH3 is 1. The summed E-state index contributed by atoms with van der Waals surface area (Å²) >= 11 is 7.14. The van der Waals surface area contributed by atoms with E-state index in [1.54, 1.807) is 11.3 Å². The van der Waals surface area contributed by atoms with E-state index in [1.165, 1.54) is 31.2 Å². The zero-order valence-corrected chi connectivity index (χ0v) is 20.7. The molecular weight excluding hydrogens is 454 g/mol. The van der Waals surface area contributed by atoms with E-state index in [4.69, 9.17) is 17.0 Å². The fraction of sp³-hybridized carbons (Fsp3) is 0.480. The van der Waals surface area contributed by atoms with Crippen molar-refractivity contribution in [3.05, 3.63) is 45.8 Å². The van der Waals surface area contributed by atoms with Gasteiger partial charge in [-0.25, -0.2) is 4.79 Å². The predicted molar refractivity (Wildman–Crippen MR) is 138 cm³/mol. The van der Waals surface area contributed by atoms with Crippen LogP contribution in [0.5, 0.6) is 0 Å². The molecule has 0 radical (unpaired) electrons. The SMILES string of the molecule is COC(=O)c1c(NC(=S)Nc2ccc(C(=O)N3CCCCC3)cc2)sc2c1CCCCCC2. The van der Waals surface area contributed by atoms with E-state index in [0.717, 1.165) is 67.9 Å². The molecule has 0 atom stereocenters. The lowest BCUT2D eigenvalue weighted by atomic mass is 9.96. The third kappa shape index (κ3) is 5.73. The Morgan fingerprint density at radius 1 is 0.939 bits per heavy atom. The van der Waals surface area contributed by atoms with E-state index in [2.05, 4.69) is 10.6 Å². The molecule has 1 fully saturated rings. The number of anilines is 2. The van der Waals surface area contributed by atoms with Crippen LogP contribution in [0.4, 0.5) is 10.7 Å². The normalized spacial score (nSPS) is 16.2. The van der Waals surface area contributed by atoms with Crippen molar-refractivity contribution in [2.75, 3.05) is 30.8 Å². The Bertz CT molecular complexity index is 1010. The number of nitrogens with one attached hydrogen (secondary N) is 2. The number of thiophene rings is 1. The minimum atomic E-state index is -0.320. The summed E-state index contributed by atoms with van der Waals surface area (Å²) in [6, 6.07) is 7.39. The van der Waals surface area contributed by atoms with Crippen molar-refractivity contribution < 1.29 is 14.3 Å². The van der Waals surface area contributed by atoms with Gasteiger partial charge in [0.05, 0.1) is 12.7 Å². The van der Waals surface area contributed by atoms with Gasteiger partial charge in [0.2, 0.25) is 0 Å². The maximum absolute atomic E-state index is 12.7. The number of benzene rings is 1. The van der Waals surface area contributed by atoms with Crippen molar-refractivity contribution in [1.29, 1.82) is 0 Å². The van der Waals surface area contributed by atoms with Crippen molar-refractivity contribution in [3.63, 3.8) is 0 Å². The number of aryl methyl sites for hydroxylation is 1. The number of carbonyl (C=O) groups excluding carboxylic acids is 2. The molecule has 33 heavy (non-hydrogen) atoms. The zero-order chi connectivity index (χ0) is 23.2. The van der Waals surface area contributed by atoms with Gasteiger partial charge in [-0.05, 0) is 87.0 Å². The third-order valence-corrected chi connectivity index (χ3v) is 7.73. The second kappa shape index (κ2) is 11.1. The molecule has 176 valence electrons. The van der Waals surface area contributed by atoms with Crippen molar-refractivity contribution in [2.24, 2.45) is 0 Å². The molecular formula is C25H31N3O3S2. The molecule has 0 saturated carbocycles. The summed E-state index contributed by atoms with van der Waals surface area (Å²) in [6.45, 7) is 1.67. The average molecular weight is 486 g/mol. The highest BCUT2D eigenvalue weighted by molar-refractivity contribution is 7.80. The first-order chi connectivity index (χ1) is 16.1. The van der Waals surface area contributed by atoms with Crippen LogP contribution in [0.25, 0.3) is 0 Å². The largest absolute Gasteiger partial charge is 0.465 e.